The predicted octanol–water partition coefficient (Wildman–Crippen LogP) is 2.09. The first-order valence-electron chi connectivity index (χ1n) is 7.00. The van der Waals surface area contributed by atoms with Gasteiger partial charge in [0.1, 0.15) is 0 Å². The van der Waals surface area contributed by atoms with E-state index in [-0.39, 0.29) is 11.8 Å². The molecule has 0 heterocycles. The number of carbonyl (C=O) groups excluding carboxylic acids is 1. The van der Waals surface area contributed by atoms with Gasteiger partial charge in [0.05, 0.1) is 5.60 Å². The van der Waals surface area contributed by atoms with Gasteiger partial charge in [-0.15, -0.1) is 0 Å². The number of aliphatic hydroxyl groups is 1. The van der Waals surface area contributed by atoms with Crippen LogP contribution in [0.1, 0.15) is 52.4 Å². The Morgan fingerprint density at radius 3 is 2.47 bits per heavy atom. The van der Waals surface area contributed by atoms with Gasteiger partial charge in [-0.25, -0.2) is 0 Å². The maximum Gasteiger partial charge on any atom is 0.223 e. The molecular formula is C14H25NO2. The molecule has 0 spiro atoms. The molecule has 0 radical (unpaired) electrons. The highest BCUT2D eigenvalue weighted by molar-refractivity contribution is 5.78. The fraction of sp³-hybridized carbons (Fsp3) is 0.929. The summed E-state index contributed by atoms with van der Waals surface area (Å²) in [6, 6.07) is 0. The molecule has 17 heavy (non-hydrogen) atoms. The third-order valence-electron chi connectivity index (χ3n) is 4.54. The van der Waals surface area contributed by atoms with E-state index in [0.717, 1.165) is 31.6 Å². The number of hydrogen-bond donors (Lipinski definition) is 2. The molecule has 0 aliphatic heterocycles. The highest BCUT2D eigenvalue weighted by Gasteiger charge is 2.35. The van der Waals surface area contributed by atoms with Gasteiger partial charge in [-0.1, -0.05) is 13.8 Å². The zero-order valence-electron chi connectivity index (χ0n) is 11.0. The van der Waals surface area contributed by atoms with Crippen LogP contribution in [0.25, 0.3) is 0 Å². The van der Waals surface area contributed by atoms with Gasteiger partial charge in [0, 0.05) is 12.5 Å². The van der Waals surface area contributed by atoms with Crippen molar-refractivity contribution in [2.45, 2.75) is 58.0 Å². The van der Waals surface area contributed by atoms with Gasteiger partial charge in [-0.2, -0.15) is 0 Å². The van der Waals surface area contributed by atoms with Gasteiger partial charge in [0.25, 0.3) is 0 Å². The molecule has 1 amide bonds. The van der Waals surface area contributed by atoms with Crippen molar-refractivity contribution in [1.82, 2.24) is 5.32 Å². The van der Waals surface area contributed by atoms with Crippen molar-refractivity contribution in [3.63, 3.8) is 0 Å². The van der Waals surface area contributed by atoms with Crippen molar-refractivity contribution in [3.05, 3.63) is 0 Å². The van der Waals surface area contributed by atoms with Gasteiger partial charge in [-0.3, -0.25) is 4.79 Å². The molecular weight excluding hydrogens is 214 g/mol. The van der Waals surface area contributed by atoms with Crippen molar-refractivity contribution < 1.29 is 9.90 Å². The van der Waals surface area contributed by atoms with Crippen LogP contribution >= 0.6 is 0 Å². The summed E-state index contributed by atoms with van der Waals surface area (Å²) in [5, 5.41) is 13.3. The van der Waals surface area contributed by atoms with E-state index in [4.69, 9.17) is 0 Å². The molecule has 0 saturated heterocycles. The zero-order valence-corrected chi connectivity index (χ0v) is 11.0. The summed E-state index contributed by atoms with van der Waals surface area (Å²) in [4.78, 5) is 11.9. The molecule has 0 aromatic heterocycles. The summed E-state index contributed by atoms with van der Waals surface area (Å²) in [6.45, 7) is 4.67. The lowest BCUT2D eigenvalue weighted by molar-refractivity contribution is -0.126. The molecule has 98 valence electrons. The summed E-state index contributed by atoms with van der Waals surface area (Å²) in [5.41, 5.74) is -0.647. The molecule has 2 N–H and O–H groups in total. The Morgan fingerprint density at radius 1 is 1.35 bits per heavy atom. The number of rotatable bonds is 4. The lowest BCUT2D eigenvalue weighted by atomic mass is 9.79. The maximum absolute atomic E-state index is 11.9. The smallest absolute Gasteiger partial charge is 0.223 e. The van der Waals surface area contributed by atoms with Gasteiger partial charge in [0.2, 0.25) is 5.91 Å². The second-order valence-corrected chi connectivity index (χ2v) is 6.25. The lowest BCUT2D eigenvalue weighted by Crippen LogP contribution is -2.46. The van der Waals surface area contributed by atoms with Crippen LogP contribution in [0.2, 0.25) is 0 Å². The first-order chi connectivity index (χ1) is 8.00. The third kappa shape index (κ3) is 3.44. The number of nitrogens with one attached hydrogen (secondary N) is 1. The van der Waals surface area contributed by atoms with E-state index in [9.17, 15) is 9.90 Å². The van der Waals surface area contributed by atoms with Gasteiger partial charge >= 0.3 is 0 Å². The quantitative estimate of drug-likeness (QED) is 0.789. The summed E-state index contributed by atoms with van der Waals surface area (Å²) >= 11 is 0. The first-order valence-corrected chi connectivity index (χ1v) is 7.00. The van der Waals surface area contributed by atoms with Gasteiger partial charge in [-0.05, 0) is 50.4 Å². The molecule has 0 bridgehead atoms. The summed E-state index contributed by atoms with van der Waals surface area (Å²) in [7, 11) is 0. The Hall–Kier alpha value is -0.570. The summed E-state index contributed by atoms with van der Waals surface area (Å²) in [6.07, 6.45) is 6.18. The fourth-order valence-corrected chi connectivity index (χ4v) is 2.70. The van der Waals surface area contributed by atoms with Crippen molar-refractivity contribution >= 4 is 5.91 Å². The topological polar surface area (TPSA) is 49.3 Å². The predicted molar refractivity (Wildman–Crippen MR) is 67.5 cm³/mol. The Morgan fingerprint density at radius 2 is 1.94 bits per heavy atom. The zero-order chi connectivity index (χ0) is 12.5. The Balaban J connectivity index is 1.74. The second kappa shape index (κ2) is 4.97. The van der Waals surface area contributed by atoms with E-state index >= 15 is 0 Å². The monoisotopic (exact) mass is 239 g/mol. The average molecular weight is 239 g/mol. The van der Waals surface area contributed by atoms with Crippen molar-refractivity contribution in [2.75, 3.05) is 6.54 Å². The lowest BCUT2D eigenvalue weighted by Gasteiger charge is -2.35. The second-order valence-electron chi connectivity index (χ2n) is 6.25. The third-order valence-corrected chi connectivity index (χ3v) is 4.54. The average Bonchev–Trinajstić information content (AvgIpc) is 3.14. The molecule has 2 fully saturated rings. The number of carbonyl (C=O) groups is 1. The van der Waals surface area contributed by atoms with Gasteiger partial charge < -0.3 is 10.4 Å². The molecule has 0 aromatic carbocycles. The van der Waals surface area contributed by atoms with Crippen molar-refractivity contribution in [3.8, 4) is 0 Å². The molecule has 2 aliphatic rings. The summed E-state index contributed by atoms with van der Waals surface area (Å²) < 4.78 is 0. The van der Waals surface area contributed by atoms with E-state index in [1.807, 2.05) is 6.92 Å². The molecule has 3 heteroatoms. The van der Waals surface area contributed by atoms with E-state index in [1.54, 1.807) is 0 Å². The Labute approximate surface area is 104 Å². The Bertz CT molecular complexity index is 278. The van der Waals surface area contributed by atoms with Crippen molar-refractivity contribution in [2.24, 2.45) is 17.8 Å². The minimum absolute atomic E-state index is 0.125. The molecule has 2 saturated carbocycles. The normalized spacial score (nSPS) is 35.4. The van der Waals surface area contributed by atoms with Crippen LogP contribution in [0.4, 0.5) is 0 Å². The van der Waals surface area contributed by atoms with Crippen LogP contribution < -0.4 is 5.32 Å². The Kier molecular flexibility index (Phi) is 3.76. The minimum atomic E-state index is -0.647. The maximum atomic E-state index is 11.9. The van der Waals surface area contributed by atoms with Crippen LogP contribution in [0.5, 0.6) is 0 Å². The highest BCUT2D eigenvalue weighted by Crippen LogP contribution is 2.37. The molecule has 0 aromatic rings. The van der Waals surface area contributed by atoms with E-state index in [1.165, 1.54) is 12.8 Å². The first kappa shape index (κ1) is 12.9. The van der Waals surface area contributed by atoms with Crippen LogP contribution in [0, 0.1) is 17.8 Å². The highest BCUT2D eigenvalue weighted by atomic mass is 16.3. The van der Waals surface area contributed by atoms with Crippen molar-refractivity contribution in [1.29, 1.82) is 0 Å². The van der Waals surface area contributed by atoms with Crippen LogP contribution in [0.3, 0.4) is 0 Å². The standard InChI is InChI=1S/C14H25NO2/c1-10-5-7-14(17,8-6-10)9-15-13(16)11(2)12-3-4-12/h10-12,17H,3-9H2,1-2H3,(H,15,16). The van der Waals surface area contributed by atoms with E-state index in [0.29, 0.717) is 12.5 Å². The van der Waals surface area contributed by atoms with E-state index < -0.39 is 5.60 Å². The molecule has 1 unspecified atom stereocenters. The molecule has 3 nitrogen and oxygen atoms in total. The van der Waals surface area contributed by atoms with Crippen LogP contribution in [-0.4, -0.2) is 23.2 Å². The van der Waals surface area contributed by atoms with Gasteiger partial charge in [0.15, 0.2) is 0 Å². The SMILES string of the molecule is CC1CCC(O)(CNC(=O)C(C)C2CC2)CC1. The largest absolute Gasteiger partial charge is 0.388 e. The number of amides is 1. The van der Waals surface area contributed by atoms with Crippen LogP contribution in [0.15, 0.2) is 0 Å². The number of hydrogen-bond acceptors (Lipinski definition) is 2. The fourth-order valence-electron chi connectivity index (χ4n) is 2.70. The minimum Gasteiger partial charge on any atom is -0.388 e. The summed E-state index contributed by atoms with van der Waals surface area (Å²) in [5.74, 6) is 1.56. The molecule has 1 atom stereocenters. The molecule has 2 rings (SSSR count). The molecule has 2 aliphatic carbocycles. The van der Waals surface area contributed by atoms with Crippen LogP contribution in [-0.2, 0) is 4.79 Å². The van der Waals surface area contributed by atoms with E-state index in [2.05, 4.69) is 12.2 Å².